The molecule has 1 saturated carbocycles. The molecule has 0 saturated heterocycles. The summed E-state index contributed by atoms with van der Waals surface area (Å²) in [5, 5.41) is 9.78. The lowest BCUT2D eigenvalue weighted by atomic mass is 9.56. The molecule has 1 aliphatic carbocycles. The Hall–Kier alpha value is -2.09. The van der Waals surface area contributed by atoms with Crippen LogP contribution in [0.3, 0.4) is 0 Å². The first-order valence-corrected chi connectivity index (χ1v) is 7.38. The number of hydrogen-bond donors (Lipinski definition) is 1. The van der Waals surface area contributed by atoms with Crippen LogP contribution in [-0.2, 0) is 10.2 Å². The largest absolute Gasteiger partial charge is 0.481 e. The molecule has 0 heterocycles. The van der Waals surface area contributed by atoms with Crippen molar-refractivity contribution >= 4 is 5.97 Å². The van der Waals surface area contributed by atoms with Crippen LogP contribution in [0.2, 0.25) is 0 Å². The van der Waals surface area contributed by atoms with E-state index in [-0.39, 0.29) is 0 Å². The first-order valence-electron chi connectivity index (χ1n) is 7.38. The minimum absolute atomic E-state index is 0.350. The molecule has 2 nitrogen and oxygen atoms in total. The second kappa shape index (κ2) is 5.03. The monoisotopic (exact) mass is 280 g/mol. The van der Waals surface area contributed by atoms with E-state index >= 15 is 0 Å². The predicted octanol–water partition coefficient (Wildman–Crippen LogP) is 4.20. The Kier molecular flexibility index (Phi) is 3.32. The standard InChI is InChI=1S/C19H20O2/c1-13-8-14(2)10-17(9-13)19(18(20)21)11-16(12-19)15-6-4-3-5-7-15/h3-10,16H,11-12H2,1-2H3,(H,20,21). The lowest BCUT2D eigenvalue weighted by Crippen LogP contribution is -2.46. The van der Waals surface area contributed by atoms with Gasteiger partial charge in [0.25, 0.3) is 0 Å². The molecule has 2 heteroatoms. The van der Waals surface area contributed by atoms with E-state index in [0.29, 0.717) is 18.8 Å². The summed E-state index contributed by atoms with van der Waals surface area (Å²) in [6.07, 6.45) is 1.38. The molecule has 1 N–H and O–H groups in total. The van der Waals surface area contributed by atoms with Gasteiger partial charge in [0.2, 0.25) is 0 Å². The zero-order valence-electron chi connectivity index (χ0n) is 12.5. The van der Waals surface area contributed by atoms with Gasteiger partial charge in [0.15, 0.2) is 0 Å². The van der Waals surface area contributed by atoms with Gasteiger partial charge in [0.1, 0.15) is 0 Å². The first kappa shape index (κ1) is 13.9. The third kappa shape index (κ3) is 2.35. The molecule has 0 aliphatic heterocycles. The quantitative estimate of drug-likeness (QED) is 0.914. The maximum Gasteiger partial charge on any atom is 0.314 e. The third-order valence-corrected chi connectivity index (χ3v) is 4.64. The number of carbonyl (C=O) groups is 1. The molecular formula is C19H20O2. The van der Waals surface area contributed by atoms with Gasteiger partial charge in [-0.25, -0.2) is 0 Å². The second-order valence-corrected chi connectivity index (χ2v) is 6.28. The van der Waals surface area contributed by atoms with Crippen LogP contribution < -0.4 is 0 Å². The molecule has 1 aliphatic rings. The Morgan fingerprint density at radius 1 is 1.05 bits per heavy atom. The Labute approximate surface area is 125 Å². The Balaban J connectivity index is 1.92. The van der Waals surface area contributed by atoms with Crippen molar-refractivity contribution in [1.82, 2.24) is 0 Å². The van der Waals surface area contributed by atoms with Crippen molar-refractivity contribution in [1.29, 1.82) is 0 Å². The summed E-state index contributed by atoms with van der Waals surface area (Å²) in [4.78, 5) is 11.9. The SMILES string of the molecule is Cc1cc(C)cc(C2(C(=O)O)CC(c3ccccc3)C2)c1. The number of rotatable bonds is 3. The minimum atomic E-state index is -0.711. The van der Waals surface area contributed by atoms with Crippen LogP contribution in [0.5, 0.6) is 0 Å². The maximum atomic E-state index is 11.9. The summed E-state index contributed by atoms with van der Waals surface area (Å²) in [6, 6.07) is 16.4. The van der Waals surface area contributed by atoms with Crippen molar-refractivity contribution in [2.24, 2.45) is 0 Å². The van der Waals surface area contributed by atoms with Crippen LogP contribution in [-0.4, -0.2) is 11.1 Å². The number of benzene rings is 2. The smallest absolute Gasteiger partial charge is 0.314 e. The fraction of sp³-hybridized carbons (Fsp3) is 0.316. The summed E-state index contributed by atoms with van der Waals surface area (Å²) >= 11 is 0. The molecule has 0 unspecified atom stereocenters. The van der Waals surface area contributed by atoms with Crippen molar-refractivity contribution in [3.05, 3.63) is 70.8 Å². The molecule has 0 atom stereocenters. The van der Waals surface area contributed by atoms with Gasteiger partial charge >= 0.3 is 5.97 Å². The molecule has 21 heavy (non-hydrogen) atoms. The topological polar surface area (TPSA) is 37.3 Å². The molecule has 1 fully saturated rings. The van der Waals surface area contributed by atoms with Crippen LogP contribution in [0.1, 0.15) is 41.0 Å². The van der Waals surface area contributed by atoms with E-state index in [1.54, 1.807) is 0 Å². The van der Waals surface area contributed by atoms with Gasteiger partial charge in [-0.1, -0.05) is 59.7 Å². The zero-order valence-corrected chi connectivity index (χ0v) is 12.5. The molecule has 0 radical (unpaired) electrons. The lowest BCUT2D eigenvalue weighted by Gasteiger charge is -2.45. The Bertz CT molecular complexity index is 647. The highest BCUT2D eigenvalue weighted by Gasteiger charge is 2.52. The van der Waals surface area contributed by atoms with E-state index in [1.807, 2.05) is 44.2 Å². The summed E-state index contributed by atoms with van der Waals surface area (Å²) < 4.78 is 0. The van der Waals surface area contributed by atoms with Gasteiger partial charge in [-0.05, 0) is 43.7 Å². The number of hydrogen-bond acceptors (Lipinski definition) is 1. The summed E-state index contributed by atoms with van der Waals surface area (Å²) in [6.45, 7) is 4.05. The van der Waals surface area contributed by atoms with Gasteiger partial charge in [-0.3, -0.25) is 4.79 Å². The normalized spacial score (nSPS) is 24.4. The van der Waals surface area contributed by atoms with E-state index in [1.165, 1.54) is 5.56 Å². The molecule has 0 amide bonds. The fourth-order valence-electron chi connectivity index (χ4n) is 3.53. The predicted molar refractivity (Wildman–Crippen MR) is 83.6 cm³/mol. The van der Waals surface area contributed by atoms with Crippen LogP contribution >= 0.6 is 0 Å². The van der Waals surface area contributed by atoms with Crippen molar-refractivity contribution < 1.29 is 9.90 Å². The van der Waals surface area contributed by atoms with Crippen molar-refractivity contribution in [3.63, 3.8) is 0 Å². The molecule has 0 aromatic heterocycles. The number of aliphatic carboxylic acids is 1. The number of carboxylic acid groups (broad SMARTS) is 1. The highest BCUT2D eigenvalue weighted by molar-refractivity contribution is 5.83. The van der Waals surface area contributed by atoms with Crippen molar-refractivity contribution in [2.75, 3.05) is 0 Å². The number of carboxylic acids is 1. The van der Waals surface area contributed by atoms with E-state index in [4.69, 9.17) is 0 Å². The van der Waals surface area contributed by atoms with Crippen molar-refractivity contribution in [3.8, 4) is 0 Å². The number of aryl methyl sites for hydroxylation is 2. The average molecular weight is 280 g/mol. The Morgan fingerprint density at radius 3 is 2.14 bits per heavy atom. The Morgan fingerprint density at radius 2 is 1.62 bits per heavy atom. The second-order valence-electron chi connectivity index (χ2n) is 6.28. The average Bonchev–Trinajstić information content (AvgIpc) is 2.37. The van der Waals surface area contributed by atoms with Gasteiger partial charge in [0.05, 0.1) is 5.41 Å². The summed E-state index contributed by atoms with van der Waals surface area (Å²) in [5.41, 5.74) is 3.76. The molecule has 2 aromatic carbocycles. The van der Waals surface area contributed by atoms with Gasteiger partial charge in [-0.15, -0.1) is 0 Å². The van der Waals surface area contributed by atoms with Crippen LogP contribution in [0, 0.1) is 13.8 Å². The van der Waals surface area contributed by atoms with Crippen LogP contribution in [0.25, 0.3) is 0 Å². The fourth-order valence-corrected chi connectivity index (χ4v) is 3.53. The van der Waals surface area contributed by atoms with E-state index in [9.17, 15) is 9.90 Å². The molecular weight excluding hydrogens is 260 g/mol. The van der Waals surface area contributed by atoms with Crippen LogP contribution in [0.4, 0.5) is 0 Å². The third-order valence-electron chi connectivity index (χ3n) is 4.64. The van der Waals surface area contributed by atoms with E-state index in [2.05, 4.69) is 18.2 Å². The summed E-state index contributed by atoms with van der Waals surface area (Å²) in [5.74, 6) is -0.345. The molecule has 2 aromatic rings. The highest BCUT2D eigenvalue weighted by atomic mass is 16.4. The van der Waals surface area contributed by atoms with Gasteiger partial charge in [0, 0.05) is 0 Å². The first-order chi connectivity index (χ1) is 10.0. The van der Waals surface area contributed by atoms with E-state index in [0.717, 1.165) is 16.7 Å². The minimum Gasteiger partial charge on any atom is -0.481 e. The zero-order chi connectivity index (χ0) is 15.0. The molecule has 3 rings (SSSR count). The van der Waals surface area contributed by atoms with Crippen molar-refractivity contribution in [2.45, 2.75) is 38.0 Å². The maximum absolute atomic E-state index is 11.9. The van der Waals surface area contributed by atoms with Gasteiger partial charge < -0.3 is 5.11 Å². The highest BCUT2D eigenvalue weighted by Crippen LogP contribution is 2.53. The molecule has 0 spiro atoms. The van der Waals surface area contributed by atoms with Crippen LogP contribution in [0.15, 0.2) is 48.5 Å². The molecule has 0 bridgehead atoms. The lowest BCUT2D eigenvalue weighted by molar-refractivity contribution is -0.148. The summed E-state index contributed by atoms with van der Waals surface area (Å²) in [7, 11) is 0. The molecule has 108 valence electrons. The van der Waals surface area contributed by atoms with E-state index < -0.39 is 11.4 Å². The van der Waals surface area contributed by atoms with Gasteiger partial charge in [-0.2, -0.15) is 0 Å².